The summed E-state index contributed by atoms with van der Waals surface area (Å²) in [4.78, 5) is 0. The van der Waals surface area contributed by atoms with E-state index in [1.54, 1.807) is 0 Å². The molecule has 1 aliphatic carbocycles. The average Bonchev–Trinajstić information content (AvgIpc) is 2.90. The summed E-state index contributed by atoms with van der Waals surface area (Å²) in [6.07, 6.45) is 17.2. The highest BCUT2D eigenvalue weighted by atomic mass is 14.2. The molecule has 0 spiro atoms. The van der Waals surface area contributed by atoms with Gasteiger partial charge in [0, 0.05) is 0 Å². The number of hydrogen-bond acceptors (Lipinski definition) is 0. The van der Waals surface area contributed by atoms with Crippen molar-refractivity contribution in [2.24, 2.45) is 5.92 Å². The van der Waals surface area contributed by atoms with Crippen LogP contribution in [0.1, 0.15) is 30.5 Å². The highest BCUT2D eigenvalue weighted by molar-refractivity contribution is 6.11. The molecule has 0 heteroatoms. The van der Waals surface area contributed by atoms with E-state index < -0.39 is 0 Å². The average molecular weight is 451 g/mol. The highest BCUT2D eigenvalue weighted by Crippen LogP contribution is 2.43. The molecule has 0 bridgehead atoms. The van der Waals surface area contributed by atoms with Crippen LogP contribution < -0.4 is 0 Å². The maximum absolute atomic E-state index is 4.24. The highest BCUT2D eigenvalue weighted by Gasteiger charge is 2.21. The van der Waals surface area contributed by atoms with E-state index in [0.29, 0.717) is 5.92 Å². The van der Waals surface area contributed by atoms with Gasteiger partial charge in [-0.05, 0) is 79.4 Å². The van der Waals surface area contributed by atoms with E-state index in [1.807, 2.05) is 19.1 Å². The van der Waals surface area contributed by atoms with E-state index in [0.717, 1.165) is 11.1 Å². The Kier molecular flexibility index (Phi) is 6.21. The van der Waals surface area contributed by atoms with Crippen molar-refractivity contribution >= 4 is 39.3 Å². The van der Waals surface area contributed by atoms with Gasteiger partial charge in [-0.25, -0.2) is 0 Å². The van der Waals surface area contributed by atoms with Gasteiger partial charge < -0.3 is 0 Å². The Morgan fingerprint density at radius 3 is 2.09 bits per heavy atom. The van der Waals surface area contributed by atoms with Crippen LogP contribution in [0, 0.1) is 5.92 Å². The molecule has 0 N–H and O–H groups in total. The maximum atomic E-state index is 4.24. The zero-order valence-corrected chi connectivity index (χ0v) is 20.5. The minimum absolute atomic E-state index is 0.329. The second-order valence-corrected chi connectivity index (χ2v) is 9.03. The summed E-state index contributed by atoms with van der Waals surface area (Å²) in [6.45, 7) is 12.8. The van der Waals surface area contributed by atoms with Gasteiger partial charge in [0.2, 0.25) is 0 Å². The van der Waals surface area contributed by atoms with E-state index >= 15 is 0 Å². The molecule has 1 atom stereocenters. The van der Waals surface area contributed by atoms with Crippen molar-refractivity contribution in [3.63, 3.8) is 0 Å². The summed E-state index contributed by atoms with van der Waals surface area (Å²) in [5, 5.41) is 4.95. The van der Waals surface area contributed by atoms with Gasteiger partial charge in [-0.3, -0.25) is 0 Å². The Morgan fingerprint density at radius 1 is 0.743 bits per heavy atom. The molecule has 0 radical (unpaired) electrons. The molecule has 35 heavy (non-hydrogen) atoms. The topological polar surface area (TPSA) is 0 Å². The van der Waals surface area contributed by atoms with Crippen LogP contribution in [0.15, 0.2) is 122 Å². The van der Waals surface area contributed by atoms with Gasteiger partial charge in [-0.15, -0.1) is 0 Å². The van der Waals surface area contributed by atoms with E-state index in [4.69, 9.17) is 0 Å². The zero-order chi connectivity index (χ0) is 24.4. The smallest absolute Gasteiger partial charge is 0.000123 e. The molecule has 4 aromatic carbocycles. The fourth-order valence-corrected chi connectivity index (χ4v) is 5.21. The minimum atomic E-state index is 0.329. The lowest BCUT2D eigenvalue weighted by Crippen LogP contribution is -2.03. The predicted molar refractivity (Wildman–Crippen MR) is 156 cm³/mol. The Balaban J connectivity index is 1.80. The van der Waals surface area contributed by atoms with Crippen molar-refractivity contribution in [1.82, 2.24) is 0 Å². The lowest BCUT2D eigenvalue weighted by atomic mass is 9.80. The summed E-state index contributed by atoms with van der Waals surface area (Å²) >= 11 is 0. The molecule has 0 fully saturated rings. The minimum Gasteiger partial charge on any atom is -0.0984 e. The summed E-state index contributed by atoms with van der Waals surface area (Å²) in [7, 11) is 0. The lowest BCUT2D eigenvalue weighted by molar-refractivity contribution is 0.887. The van der Waals surface area contributed by atoms with Gasteiger partial charge >= 0.3 is 0 Å². The number of hydrogen-bond donors (Lipinski definition) is 0. The molecule has 0 saturated heterocycles. The summed E-state index contributed by atoms with van der Waals surface area (Å²) in [6, 6.07) is 24.0. The Bertz CT molecular complexity index is 1580. The molecule has 1 unspecified atom stereocenters. The van der Waals surface area contributed by atoms with E-state index in [2.05, 4.69) is 123 Å². The van der Waals surface area contributed by atoms with Crippen molar-refractivity contribution in [1.29, 1.82) is 0 Å². The van der Waals surface area contributed by atoms with Crippen molar-refractivity contribution in [2.45, 2.75) is 13.8 Å². The molecule has 1 aliphatic rings. The van der Waals surface area contributed by atoms with Crippen molar-refractivity contribution in [3.8, 4) is 11.1 Å². The summed E-state index contributed by atoms with van der Waals surface area (Å²) in [5.41, 5.74) is 8.43. The van der Waals surface area contributed by atoms with Gasteiger partial charge in [-0.2, -0.15) is 0 Å². The van der Waals surface area contributed by atoms with Crippen LogP contribution >= 0.6 is 0 Å². The first-order valence-corrected chi connectivity index (χ1v) is 12.2. The van der Waals surface area contributed by atoms with Crippen LogP contribution in [0.5, 0.6) is 0 Å². The summed E-state index contributed by atoms with van der Waals surface area (Å²) < 4.78 is 0. The Hall–Kier alpha value is -4.16. The molecule has 4 aromatic rings. The second-order valence-electron chi connectivity index (χ2n) is 9.03. The molecular formula is C35H30. The molecule has 0 heterocycles. The zero-order valence-electron chi connectivity index (χ0n) is 20.5. The third-order valence-electron chi connectivity index (χ3n) is 6.92. The largest absolute Gasteiger partial charge is 0.0984 e. The van der Waals surface area contributed by atoms with Crippen molar-refractivity contribution < 1.29 is 0 Å². The fraction of sp³-hybridized carbons (Fsp3) is 0.0857. The van der Waals surface area contributed by atoms with Crippen molar-refractivity contribution in [2.75, 3.05) is 0 Å². The van der Waals surface area contributed by atoms with Gasteiger partial charge in [-0.1, -0.05) is 129 Å². The molecule has 0 aromatic heterocycles. The normalized spacial score (nSPS) is 16.8. The van der Waals surface area contributed by atoms with Gasteiger partial charge in [0.25, 0.3) is 0 Å². The quantitative estimate of drug-likeness (QED) is 0.284. The molecule has 5 rings (SSSR count). The first-order chi connectivity index (χ1) is 17.2. The van der Waals surface area contributed by atoms with Crippen LogP contribution in [0.3, 0.4) is 0 Å². The van der Waals surface area contributed by atoms with E-state index in [-0.39, 0.29) is 0 Å². The molecule has 0 nitrogen and oxygen atoms in total. The van der Waals surface area contributed by atoms with Gasteiger partial charge in [0.15, 0.2) is 0 Å². The fourth-order valence-electron chi connectivity index (χ4n) is 5.21. The molecule has 0 aliphatic heterocycles. The molecule has 0 saturated carbocycles. The third kappa shape index (κ3) is 4.02. The SMILES string of the molecule is C=Cc1c(C=C)c(-c2ccc3ccccc3c2)c2ccccc2c1C1=CC(C)/C(=C\C=C/C)C=C1. The second kappa shape index (κ2) is 9.60. The number of allylic oxidation sites excluding steroid dienone is 8. The van der Waals surface area contributed by atoms with Crippen LogP contribution in [0.4, 0.5) is 0 Å². The first kappa shape index (κ1) is 22.6. The van der Waals surface area contributed by atoms with Crippen molar-refractivity contribution in [3.05, 3.63) is 139 Å². The van der Waals surface area contributed by atoms with E-state index in [9.17, 15) is 0 Å². The molecule has 170 valence electrons. The van der Waals surface area contributed by atoms with Crippen LogP contribution in [-0.4, -0.2) is 0 Å². The number of fused-ring (bicyclic) bond motifs is 2. The number of rotatable bonds is 5. The lowest BCUT2D eigenvalue weighted by Gasteiger charge is -2.23. The summed E-state index contributed by atoms with van der Waals surface area (Å²) in [5.74, 6) is 0.329. The maximum Gasteiger partial charge on any atom is -0.000123 e. The monoisotopic (exact) mass is 450 g/mol. The Morgan fingerprint density at radius 2 is 1.40 bits per heavy atom. The predicted octanol–water partition coefficient (Wildman–Crippen LogP) is 10.0. The molecule has 0 amide bonds. The first-order valence-electron chi connectivity index (χ1n) is 12.2. The molecular weight excluding hydrogens is 420 g/mol. The van der Waals surface area contributed by atoms with Gasteiger partial charge in [0.1, 0.15) is 0 Å². The van der Waals surface area contributed by atoms with E-state index in [1.165, 1.54) is 49.4 Å². The number of benzene rings is 4. The van der Waals surface area contributed by atoms with Crippen LogP contribution in [0.2, 0.25) is 0 Å². The Labute approximate surface area is 208 Å². The van der Waals surface area contributed by atoms with Crippen LogP contribution in [0.25, 0.3) is 50.4 Å². The van der Waals surface area contributed by atoms with Crippen LogP contribution in [-0.2, 0) is 0 Å². The third-order valence-corrected chi connectivity index (χ3v) is 6.92. The van der Waals surface area contributed by atoms with Gasteiger partial charge in [0.05, 0.1) is 0 Å². The standard InChI is InChI=1S/C35H30/c1-5-8-13-25-18-20-28(22-24(25)4)34-30(6-2)31(7-3)35(33-17-12-11-16-32(33)34)29-21-19-26-14-9-10-15-27(26)23-29/h5-24H,2-3H2,1,4H3/b8-5-,25-13-.